The SMILES string of the molecule is CCOCCc1nc(-c2ccc(C(F)(F)F)cc2)n[nH]1. The lowest BCUT2D eigenvalue weighted by Crippen LogP contribution is -2.04. The van der Waals surface area contributed by atoms with Crippen LogP contribution in [0.3, 0.4) is 0 Å². The van der Waals surface area contributed by atoms with E-state index in [2.05, 4.69) is 15.2 Å². The molecule has 0 fully saturated rings. The first-order valence-corrected chi connectivity index (χ1v) is 6.17. The summed E-state index contributed by atoms with van der Waals surface area (Å²) in [5.74, 6) is 1.03. The summed E-state index contributed by atoms with van der Waals surface area (Å²) in [7, 11) is 0. The third-order valence-corrected chi connectivity index (χ3v) is 2.69. The predicted molar refractivity (Wildman–Crippen MR) is 67.0 cm³/mol. The molecule has 0 radical (unpaired) electrons. The highest BCUT2D eigenvalue weighted by Gasteiger charge is 2.30. The van der Waals surface area contributed by atoms with E-state index in [0.29, 0.717) is 36.8 Å². The number of aromatic nitrogens is 3. The standard InChI is InChI=1S/C13H14F3N3O/c1-2-20-8-7-11-17-12(19-18-11)9-3-5-10(6-4-9)13(14,15)16/h3-6H,2,7-8H2,1H3,(H,17,18,19). The molecule has 0 aliphatic carbocycles. The van der Waals surface area contributed by atoms with Crippen molar-refractivity contribution >= 4 is 0 Å². The molecule has 7 heteroatoms. The molecule has 0 saturated carbocycles. The van der Waals surface area contributed by atoms with E-state index in [1.54, 1.807) is 0 Å². The van der Waals surface area contributed by atoms with Gasteiger partial charge in [0.25, 0.3) is 0 Å². The number of hydrogen-bond donors (Lipinski definition) is 1. The number of rotatable bonds is 5. The summed E-state index contributed by atoms with van der Waals surface area (Å²) in [4.78, 5) is 4.22. The molecule has 2 aromatic rings. The molecule has 1 N–H and O–H groups in total. The molecule has 1 aromatic carbocycles. The van der Waals surface area contributed by atoms with Gasteiger partial charge in [0.15, 0.2) is 5.82 Å². The third kappa shape index (κ3) is 3.57. The molecule has 1 aromatic heterocycles. The number of alkyl halides is 3. The number of hydrogen-bond acceptors (Lipinski definition) is 3. The zero-order chi connectivity index (χ0) is 14.6. The minimum absolute atomic E-state index is 0.380. The van der Waals surface area contributed by atoms with E-state index in [1.165, 1.54) is 12.1 Å². The van der Waals surface area contributed by atoms with E-state index in [4.69, 9.17) is 4.74 Å². The minimum atomic E-state index is -4.33. The van der Waals surface area contributed by atoms with Gasteiger partial charge in [-0.15, -0.1) is 0 Å². The molecule has 0 aliphatic heterocycles. The monoisotopic (exact) mass is 285 g/mol. The Morgan fingerprint density at radius 1 is 1.20 bits per heavy atom. The van der Waals surface area contributed by atoms with Crippen LogP contribution >= 0.6 is 0 Å². The average molecular weight is 285 g/mol. The van der Waals surface area contributed by atoms with Gasteiger partial charge in [-0.3, -0.25) is 5.10 Å². The Balaban J connectivity index is 2.08. The van der Waals surface area contributed by atoms with Crippen LogP contribution in [-0.4, -0.2) is 28.4 Å². The predicted octanol–water partition coefficient (Wildman–Crippen LogP) is 3.07. The molecule has 0 bridgehead atoms. The van der Waals surface area contributed by atoms with E-state index >= 15 is 0 Å². The van der Waals surface area contributed by atoms with Crippen LogP contribution in [0.5, 0.6) is 0 Å². The Labute approximate surface area is 114 Å². The highest BCUT2D eigenvalue weighted by molar-refractivity contribution is 5.55. The minimum Gasteiger partial charge on any atom is -0.381 e. The molecule has 2 rings (SSSR count). The van der Waals surface area contributed by atoms with Crippen molar-refractivity contribution in [3.63, 3.8) is 0 Å². The quantitative estimate of drug-likeness (QED) is 0.859. The maximum absolute atomic E-state index is 12.4. The number of benzene rings is 1. The molecule has 4 nitrogen and oxygen atoms in total. The second kappa shape index (κ2) is 6.04. The number of H-pyrrole nitrogens is 1. The highest BCUT2D eigenvalue weighted by Crippen LogP contribution is 2.30. The molecule has 1 heterocycles. The van der Waals surface area contributed by atoms with Gasteiger partial charge < -0.3 is 4.74 Å². The summed E-state index contributed by atoms with van der Waals surface area (Å²) in [5, 5.41) is 6.73. The van der Waals surface area contributed by atoms with Gasteiger partial charge in [0, 0.05) is 18.6 Å². The van der Waals surface area contributed by atoms with Crippen LogP contribution in [0.4, 0.5) is 13.2 Å². The van der Waals surface area contributed by atoms with Gasteiger partial charge in [0.2, 0.25) is 0 Å². The molecular weight excluding hydrogens is 271 g/mol. The molecule has 20 heavy (non-hydrogen) atoms. The van der Waals surface area contributed by atoms with Gasteiger partial charge in [-0.05, 0) is 19.1 Å². The number of nitrogens with one attached hydrogen (secondary N) is 1. The Morgan fingerprint density at radius 3 is 2.50 bits per heavy atom. The zero-order valence-corrected chi connectivity index (χ0v) is 10.9. The smallest absolute Gasteiger partial charge is 0.381 e. The first-order valence-electron chi connectivity index (χ1n) is 6.17. The summed E-state index contributed by atoms with van der Waals surface area (Å²) in [5.41, 5.74) is -0.148. The van der Waals surface area contributed by atoms with Crippen LogP contribution in [0.1, 0.15) is 18.3 Å². The van der Waals surface area contributed by atoms with Crippen LogP contribution in [-0.2, 0) is 17.3 Å². The van der Waals surface area contributed by atoms with Crippen molar-refractivity contribution < 1.29 is 17.9 Å². The maximum Gasteiger partial charge on any atom is 0.416 e. The van der Waals surface area contributed by atoms with E-state index in [9.17, 15) is 13.2 Å². The second-order valence-corrected chi connectivity index (χ2v) is 4.13. The second-order valence-electron chi connectivity index (χ2n) is 4.13. The van der Waals surface area contributed by atoms with Gasteiger partial charge in [0.1, 0.15) is 5.82 Å². The molecule has 0 spiro atoms. The Hall–Kier alpha value is -1.89. The fraction of sp³-hybridized carbons (Fsp3) is 0.385. The number of nitrogens with zero attached hydrogens (tertiary/aromatic N) is 2. The summed E-state index contributed by atoms with van der Waals surface area (Å²) in [6.07, 6.45) is -3.75. The number of ether oxygens (including phenoxy) is 1. The van der Waals surface area contributed by atoms with E-state index in [-0.39, 0.29) is 0 Å². The van der Waals surface area contributed by atoms with Crippen molar-refractivity contribution in [1.82, 2.24) is 15.2 Å². The van der Waals surface area contributed by atoms with Crippen molar-refractivity contribution in [2.24, 2.45) is 0 Å². The lowest BCUT2D eigenvalue weighted by Gasteiger charge is -2.06. The lowest BCUT2D eigenvalue weighted by molar-refractivity contribution is -0.137. The van der Waals surface area contributed by atoms with E-state index in [0.717, 1.165) is 12.1 Å². The van der Waals surface area contributed by atoms with Gasteiger partial charge in [0.05, 0.1) is 12.2 Å². The van der Waals surface area contributed by atoms with Crippen LogP contribution in [0, 0.1) is 0 Å². The normalized spacial score (nSPS) is 11.8. The molecule has 0 saturated heterocycles. The molecule has 108 valence electrons. The molecule has 0 unspecified atom stereocenters. The molecule has 0 amide bonds. The van der Waals surface area contributed by atoms with Crippen LogP contribution in [0.15, 0.2) is 24.3 Å². The van der Waals surface area contributed by atoms with Gasteiger partial charge >= 0.3 is 6.18 Å². The first-order chi connectivity index (χ1) is 9.50. The van der Waals surface area contributed by atoms with E-state index < -0.39 is 11.7 Å². The molecule has 0 atom stereocenters. The van der Waals surface area contributed by atoms with Crippen molar-refractivity contribution in [3.05, 3.63) is 35.7 Å². The highest BCUT2D eigenvalue weighted by atomic mass is 19.4. The summed E-state index contributed by atoms with van der Waals surface area (Å²) >= 11 is 0. The summed E-state index contributed by atoms with van der Waals surface area (Å²) in [6, 6.07) is 4.76. The van der Waals surface area contributed by atoms with Crippen molar-refractivity contribution in [1.29, 1.82) is 0 Å². The zero-order valence-electron chi connectivity index (χ0n) is 10.9. The first kappa shape index (κ1) is 14.5. The number of aromatic amines is 1. The topological polar surface area (TPSA) is 50.8 Å². The largest absolute Gasteiger partial charge is 0.416 e. The van der Waals surface area contributed by atoms with Crippen molar-refractivity contribution in [2.75, 3.05) is 13.2 Å². The average Bonchev–Trinajstić information content (AvgIpc) is 2.87. The summed E-state index contributed by atoms with van der Waals surface area (Å²) < 4.78 is 42.5. The third-order valence-electron chi connectivity index (χ3n) is 2.69. The van der Waals surface area contributed by atoms with Gasteiger partial charge in [-0.25, -0.2) is 4.98 Å². The van der Waals surface area contributed by atoms with Crippen LogP contribution in [0.25, 0.3) is 11.4 Å². The Kier molecular flexibility index (Phi) is 4.39. The molecular formula is C13H14F3N3O. The van der Waals surface area contributed by atoms with E-state index in [1.807, 2.05) is 6.92 Å². The summed E-state index contributed by atoms with van der Waals surface area (Å²) in [6.45, 7) is 3.05. The van der Waals surface area contributed by atoms with Crippen molar-refractivity contribution in [2.45, 2.75) is 19.5 Å². The number of halogens is 3. The van der Waals surface area contributed by atoms with Crippen molar-refractivity contribution in [3.8, 4) is 11.4 Å². The Morgan fingerprint density at radius 2 is 1.90 bits per heavy atom. The van der Waals surface area contributed by atoms with Gasteiger partial charge in [-0.2, -0.15) is 18.3 Å². The maximum atomic E-state index is 12.4. The van der Waals surface area contributed by atoms with Crippen LogP contribution in [0.2, 0.25) is 0 Å². The fourth-order valence-corrected chi connectivity index (χ4v) is 1.66. The van der Waals surface area contributed by atoms with Gasteiger partial charge in [-0.1, -0.05) is 12.1 Å². The fourth-order valence-electron chi connectivity index (χ4n) is 1.66. The molecule has 0 aliphatic rings. The Bertz CT molecular complexity index is 549. The lowest BCUT2D eigenvalue weighted by atomic mass is 10.1. The van der Waals surface area contributed by atoms with Crippen LogP contribution < -0.4 is 0 Å².